The van der Waals surface area contributed by atoms with Crippen molar-refractivity contribution in [1.29, 1.82) is 5.26 Å². The summed E-state index contributed by atoms with van der Waals surface area (Å²) in [6.07, 6.45) is -2.36. The molecule has 1 aromatic carbocycles. The van der Waals surface area contributed by atoms with E-state index >= 15 is 0 Å². The van der Waals surface area contributed by atoms with E-state index in [0.29, 0.717) is 4.57 Å². The number of aliphatic hydroxyl groups is 2. The van der Waals surface area contributed by atoms with Crippen molar-refractivity contribution in [2.24, 2.45) is 0 Å². The molecule has 0 saturated heterocycles. The number of esters is 1. The molecule has 2 aromatic rings. The Labute approximate surface area is 218 Å². The maximum atomic E-state index is 13.7. The standard InChI is InChI=1S/C23H31N4O10P/c1-15(2)35-21(31)16(3)26-38(33,37-18-8-6-5-7-9-18)34-12-19(17(4)29)36-23(13-24,14-28)27-11-10-20(30)25-22(27)32/h5-11,15-17,19,28-29H,12,14H2,1-4H3,(H,26,33)(H,25,30,32)/t16-,17-,19+,23+,38?/m0/s1. The van der Waals surface area contributed by atoms with Gasteiger partial charge in [0.25, 0.3) is 11.3 Å². The minimum Gasteiger partial charge on any atom is -0.462 e. The van der Waals surface area contributed by atoms with E-state index in [-0.39, 0.29) is 5.75 Å². The van der Waals surface area contributed by atoms with E-state index in [1.165, 1.54) is 26.0 Å². The molecule has 0 saturated carbocycles. The first kappa shape index (κ1) is 30.9. The molecule has 2 rings (SSSR count). The normalized spacial score (nSPS) is 16.9. The fourth-order valence-corrected chi connectivity index (χ4v) is 4.52. The second-order valence-corrected chi connectivity index (χ2v) is 10.2. The summed E-state index contributed by atoms with van der Waals surface area (Å²) in [4.78, 5) is 38.0. The van der Waals surface area contributed by atoms with E-state index in [0.717, 1.165) is 12.3 Å². The summed E-state index contributed by atoms with van der Waals surface area (Å²) in [6.45, 7) is 4.18. The summed E-state index contributed by atoms with van der Waals surface area (Å²) in [5.41, 5.74) is -4.20. The van der Waals surface area contributed by atoms with E-state index < -0.39 is 68.3 Å². The summed E-state index contributed by atoms with van der Waals surface area (Å²) in [6, 6.07) is 9.35. The van der Waals surface area contributed by atoms with Gasteiger partial charge in [-0.25, -0.2) is 9.36 Å². The molecule has 208 valence electrons. The van der Waals surface area contributed by atoms with Gasteiger partial charge in [0.05, 0.1) is 18.8 Å². The van der Waals surface area contributed by atoms with Crippen LogP contribution in [0.3, 0.4) is 0 Å². The smallest absolute Gasteiger partial charge is 0.459 e. The van der Waals surface area contributed by atoms with Gasteiger partial charge in [-0.1, -0.05) is 18.2 Å². The first-order valence-corrected chi connectivity index (χ1v) is 13.1. The van der Waals surface area contributed by atoms with Gasteiger partial charge in [-0.2, -0.15) is 10.3 Å². The average molecular weight is 554 g/mol. The molecule has 4 N–H and O–H groups in total. The van der Waals surface area contributed by atoms with Crippen molar-refractivity contribution in [2.45, 2.75) is 57.8 Å². The minimum absolute atomic E-state index is 0.129. The second kappa shape index (κ2) is 13.5. The highest BCUT2D eigenvalue weighted by molar-refractivity contribution is 7.52. The Bertz CT molecular complexity index is 1270. The zero-order valence-electron chi connectivity index (χ0n) is 21.3. The van der Waals surface area contributed by atoms with Crippen LogP contribution in [0.5, 0.6) is 5.75 Å². The molecular formula is C23H31N4O10P. The van der Waals surface area contributed by atoms with Gasteiger partial charge >= 0.3 is 19.4 Å². The molecular weight excluding hydrogens is 523 g/mol. The summed E-state index contributed by atoms with van der Waals surface area (Å²) >= 11 is 0. The van der Waals surface area contributed by atoms with Gasteiger partial charge in [0.15, 0.2) is 0 Å². The number of rotatable bonds is 14. The molecule has 0 spiro atoms. The number of nitrogens with zero attached hydrogens (tertiary/aromatic N) is 2. The minimum atomic E-state index is -4.36. The number of hydrogen-bond acceptors (Lipinski definition) is 11. The van der Waals surface area contributed by atoms with Gasteiger partial charge in [0.1, 0.15) is 30.6 Å². The van der Waals surface area contributed by atoms with Crippen molar-refractivity contribution in [3.63, 3.8) is 0 Å². The number of para-hydroxylation sites is 1. The third-order valence-corrected chi connectivity index (χ3v) is 6.56. The second-order valence-electron chi connectivity index (χ2n) is 8.47. The molecule has 1 aromatic heterocycles. The van der Waals surface area contributed by atoms with Gasteiger partial charge < -0.3 is 24.2 Å². The highest BCUT2D eigenvalue weighted by Crippen LogP contribution is 2.45. The number of nitrogens with one attached hydrogen (secondary N) is 2. The third-order valence-electron chi connectivity index (χ3n) is 4.92. The van der Waals surface area contributed by atoms with Crippen LogP contribution in [-0.2, 0) is 29.1 Å². The molecule has 0 aliphatic heterocycles. The van der Waals surface area contributed by atoms with E-state index in [9.17, 15) is 34.4 Å². The molecule has 0 fully saturated rings. The number of aromatic nitrogens is 2. The number of carbonyl (C=O) groups excluding carboxylic acids is 1. The molecule has 15 heteroatoms. The molecule has 5 atom stereocenters. The van der Waals surface area contributed by atoms with Crippen LogP contribution in [0, 0.1) is 11.3 Å². The average Bonchev–Trinajstić information content (AvgIpc) is 2.85. The molecule has 0 radical (unpaired) electrons. The zero-order chi connectivity index (χ0) is 28.5. The largest absolute Gasteiger partial charge is 0.462 e. The Kier molecular flexibility index (Phi) is 11.0. The Morgan fingerprint density at radius 1 is 1.21 bits per heavy atom. The lowest BCUT2D eigenvalue weighted by atomic mass is 10.2. The van der Waals surface area contributed by atoms with Crippen LogP contribution < -0.4 is 20.9 Å². The van der Waals surface area contributed by atoms with E-state index in [1.807, 2.05) is 4.98 Å². The van der Waals surface area contributed by atoms with Crippen LogP contribution in [0.2, 0.25) is 0 Å². The van der Waals surface area contributed by atoms with Crippen molar-refractivity contribution in [2.75, 3.05) is 13.2 Å². The first-order valence-electron chi connectivity index (χ1n) is 11.5. The lowest BCUT2D eigenvalue weighted by Crippen LogP contribution is -2.51. The zero-order valence-corrected chi connectivity index (χ0v) is 22.2. The monoisotopic (exact) mass is 554 g/mol. The summed E-state index contributed by atoms with van der Waals surface area (Å²) in [5.74, 6) is -0.603. The maximum Gasteiger partial charge on any atom is 0.459 e. The molecule has 0 aliphatic rings. The van der Waals surface area contributed by atoms with Crippen molar-refractivity contribution in [3.8, 4) is 11.8 Å². The van der Waals surface area contributed by atoms with E-state index in [1.54, 1.807) is 38.1 Å². The summed E-state index contributed by atoms with van der Waals surface area (Å²) in [7, 11) is -4.36. The van der Waals surface area contributed by atoms with Crippen molar-refractivity contribution >= 4 is 13.7 Å². The number of hydrogen-bond donors (Lipinski definition) is 4. The Hall–Kier alpha value is -3.31. The molecule has 0 aliphatic carbocycles. The van der Waals surface area contributed by atoms with Crippen LogP contribution in [-0.4, -0.2) is 63.3 Å². The molecule has 1 heterocycles. The van der Waals surface area contributed by atoms with Gasteiger partial charge in [-0.05, 0) is 39.8 Å². The molecule has 0 amide bonds. The van der Waals surface area contributed by atoms with Gasteiger partial charge in [-0.3, -0.25) is 23.7 Å². The predicted molar refractivity (Wildman–Crippen MR) is 133 cm³/mol. The fourth-order valence-electron chi connectivity index (χ4n) is 3.02. The van der Waals surface area contributed by atoms with Crippen LogP contribution >= 0.6 is 7.75 Å². The molecule has 1 unspecified atom stereocenters. The SMILES string of the molecule is CC(C)OC(=O)[C@H](C)NP(=O)(OC[C@@H](O[C@](C#N)(CO)n1ccc(=O)[nH]c1=O)[C@H](C)O)Oc1ccccc1. The fraction of sp³-hybridized carbons (Fsp3) is 0.478. The van der Waals surface area contributed by atoms with Crippen LogP contribution in [0.1, 0.15) is 27.7 Å². The van der Waals surface area contributed by atoms with Crippen LogP contribution in [0.25, 0.3) is 0 Å². The van der Waals surface area contributed by atoms with Crippen molar-refractivity contribution < 1.29 is 38.1 Å². The van der Waals surface area contributed by atoms with Crippen LogP contribution in [0.4, 0.5) is 0 Å². The number of aromatic amines is 1. The van der Waals surface area contributed by atoms with E-state index in [2.05, 4.69) is 5.09 Å². The van der Waals surface area contributed by atoms with Gasteiger partial charge in [-0.15, -0.1) is 0 Å². The van der Waals surface area contributed by atoms with E-state index in [4.69, 9.17) is 18.5 Å². The Morgan fingerprint density at radius 3 is 2.39 bits per heavy atom. The highest BCUT2D eigenvalue weighted by atomic mass is 31.2. The number of nitriles is 1. The lowest BCUT2D eigenvalue weighted by molar-refractivity contribution is -0.173. The molecule has 38 heavy (non-hydrogen) atoms. The van der Waals surface area contributed by atoms with Gasteiger partial charge in [0.2, 0.25) is 0 Å². The third kappa shape index (κ3) is 8.35. The lowest BCUT2D eigenvalue weighted by Gasteiger charge is -2.33. The number of carbonyl (C=O) groups is 1. The molecule has 0 bridgehead atoms. The highest BCUT2D eigenvalue weighted by Gasteiger charge is 2.40. The quantitative estimate of drug-likeness (QED) is 0.187. The predicted octanol–water partition coefficient (Wildman–Crippen LogP) is 0.605. The number of aliphatic hydroxyl groups excluding tert-OH is 2. The number of benzene rings is 1. The number of H-pyrrole nitrogens is 1. The maximum absolute atomic E-state index is 13.7. The molecule has 14 nitrogen and oxygen atoms in total. The van der Waals surface area contributed by atoms with Gasteiger partial charge in [0, 0.05) is 12.3 Å². The summed E-state index contributed by atoms with van der Waals surface area (Å²) in [5, 5.41) is 32.5. The first-order chi connectivity index (χ1) is 17.8. The van der Waals surface area contributed by atoms with Crippen molar-refractivity contribution in [1.82, 2.24) is 14.6 Å². The van der Waals surface area contributed by atoms with Crippen LogP contribution in [0.15, 0.2) is 52.2 Å². The topological polar surface area (TPSA) is 202 Å². The Balaban J connectivity index is 2.34. The number of ether oxygens (including phenoxy) is 2. The van der Waals surface area contributed by atoms with Crippen molar-refractivity contribution in [3.05, 3.63) is 63.4 Å². The Morgan fingerprint density at radius 2 is 1.87 bits per heavy atom. The summed E-state index contributed by atoms with van der Waals surface area (Å²) < 4.78 is 36.0.